The molecule has 0 aliphatic carbocycles. The second kappa shape index (κ2) is 20.6. The van der Waals surface area contributed by atoms with Crippen LogP contribution in [0.3, 0.4) is 0 Å². The van der Waals surface area contributed by atoms with Crippen molar-refractivity contribution in [2.75, 3.05) is 0 Å². The second-order valence-electron chi connectivity index (χ2n) is 17.8. The van der Waals surface area contributed by atoms with Crippen molar-refractivity contribution < 1.29 is 0 Å². The normalized spacial score (nSPS) is 11.6. The molecule has 0 amide bonds. The van der Waals surface area contributed by atoms with Gasteiger partial charge in [0.2, 0.25) is 5.82 Å². The van der Waals surface area contributed by atoms with Crippen molar-refractivity contribution in [2.24, 2.45) is 0 Å². The highest BCUT2D eigenvalue weighted by atomic mass is 28.3. The van der Waals surface area contributed by atoms with Crippen molar-refractivity contribution in [3.8, 4) is 35.1 Å². The quantitative estimate of drug-likeness (QED) is 0.0945. The Morgan fingerprint density at radius 1 is 0.500 bits per heavy atom. The molecule has 0 N–H and O–H groups in total. The first kappa shape index (κ1) is 42.8. The molecule has 0 aliphatic heterocycles. The third-order valence-electron chi connectivity index (χ3n) is 9.48. The van der Waals surface area contributed by atoms with Gasteiger partial charge in [-0.25, -0.2) is 9.97 Å². The fourth-order valence-electron chi connectivity index (χ4n) is 6.07. The third-order valence-corrected chi connectivity index (χ3v) is 10.4. The predicted octanol–water partition coefficient (Wildman–Crippen LogP) is 12.9. The molecule has 0 aliphatic rings. The molecule has 3 heteroatoms. The van der Waals surface area contributed by atoms with Crippen molar-refractivity contribution in [1.82, 2.24) is 9.97 Å². The van der Waals surface area contributed by atoms with Crippen LogP contribution in [0.2, 0.25) is 19.6 Å². The van der Waals surface area contributed by atoms with Gasteiger partial charge < -0.3 is 0 Å². The summed E-state index contributed by atoms with van der Waals surface area (Å²) < 4.78 is 0. The van der Waals surface area contributed by atoms with Gasteiger partial charge in [0.1, 0.15) is 8.07 Å². The van der Waals surface area contributed by atoms with E-state index >= 15 is 0 Å². The lowest BCUT2D eigenvalue weighted by atomic mass is 9.79. The highest BCUT2D eigenvalue weighted by molar-refractivity contribution is 6.83. The van der Waals surface area contributed by atoms with Crippen LogP contribution in [0.4, 0.5) is 0 Å². The van der Waals surface area contributed by atoms with Crippen LogP contribution in [-0.2, 0) is 23.7 Å². The minimum atomic E-state index is -1.51. The molecule has 0 fully saturated rings. The van der Waals surface area contributed by atoms with Crippen LogP contribution < -0.4 is 0 Å². The van der Waals surface area contributed by atoms with Crippen molar-refractivity contribution in [3.05, 3.63) is 93.1 Å². The molecule has 0 saturated heterocycles. The Labute approximate surface area is 320 Å². The lowest BCUT2D eigenvalue weighted by Crippen LogP contribution is -2.16. The van der Waals surface area contributed by atoms with Crippen LogP contribution in [0, 0.1) is 35.1 Å². The van der Waals surface area contributed by atoms with E-state index in [0.29, 0.717) is 5.82 Å². The number of hydrogen-bond acceptors (Lipinski definition) is 2. The zero-order chi connectivity index (χ0) is 38.2. The number of unbranched alkanes of at least 4 members (excludes halogenated alkanes) is 10. The van der Waals surface area contributed by atoms with E-state index in [4.69, 9.17) is 0 Å². The minimum Gasteiger partial charge on any atom is -0.228 e. The number of hydrogen-bond donors (Lipinski definition) is 0. The molecule has 0 radical (unpaired) electrons. The first-order valence-corrected chi connectivity index (χ1v) is 23.8. The Morgan fingerprint density at radius 2 is 0.942 bits per heavy atom. The molecule has 3 rings (SSSR count). The maximum absolute atomic E-state index is 4.60. The van der Waals surface area contributed by atoms with Crippen molar-refractivity contribution in [2.45, 2.75) is 176 Å². The van der Waals surface area contributed by atoms with Gasteiger partial charge in [-0.3, -0.25) is 0 Å². The summed E-state index contributed by atoms with van der Waals surface area (Å²) in [4.78, 5) is 9.21. The van der Waals surface area contributed by atoms with Gasteiger partial charge in [-0.15, -0.1) is 5.54 Å². The topological polar surface area (TPSA) is 25.8 Å². The molecule has 2 aromatic carbocycles. The Morgan fingerprint density at radius 3 is 1.40 bits per heavy atom. The number of rotatable bonds is 14. The first-order chi connectivity index (χ1) is 24.6. The van der Waals surface area contributed by atoms with Gasteiger partial charge in [0, 0.05) is 29.1 Å². The Balaban J connectivity index is 1.93. The SMILES string of the molecule is CCCCCCCCc1cc(C#C[Si](C)(C)C)c(CCCCCCCC)cc1C#Cc1cnc(C#Cc2cc(C(C)(C)C)cc(C(C)(C)C)c2)nc1. The average Bonchev–Trinajstić information content (AvgIpc) is 3.08. The van der Waals surface area contributed by atoms with E-state index in [1.165, 1.54) is 105 Å². The fourth-order valence-corrected chi connectivity index (χ4v) is 6.58. The summed E-state index contributed by atoms with van der Waals surface area (Å²) in [7, 11) is -1.51. The van der Waals surface area contributed by atoms with Crippen LogP contribution in [-0.4, -0.2) is 18.0 Å². The van der Waals surface area contributed by atoms with Gasteiger partial charge in [0.15, 0.2) is 0 Å². The summed E-state index contributed by atoms with van der Waals surface area (Å²) in [5.74, 6) is 17.7. The van der Waals surface area contributed by atoms with Crippen LogP contribution in [0.15, 0.2) is 42.7 Å². The fraction of sp³-hybridized carbons (Fsp3) is 0.551. The van der Waals surface area contributed by atoms with Crippen molar-refractivity contribution >= 4 is 8.07 Å². The standard InChI is InChI=1S/C49H68N2Si/c1-12-14-16-18-20-22-24-41-35-44(30-31-52(9,10)11)42(25-23-21-19-17-15-13-2)34-43(41)28-26-40-37-50-47(51-38-40)29-27-39-32-45(48(3,4)5)36-46(33-39)49(6,7)8/h32-38H,12-25H2,1-11H3. The number of nitrogens with zero attached hydrogens (tertiary/aromatic N) is 2. The molecule has 0 spiro atoms. The largest absolute Gasteiger partial charge is 0.228 e. The molecule has 0 bridgehead atoms. The zero-order valence-corrected chi connectivity index (χ0v) is 35.8. The van der Waals surface area contributed by atoms with Gasteiger partial charge in [-0.2, -0.15) is 0 Å². The molecule has 0 saturated carbocycles. The van der Waals surface area contributed by atoms with E-state index in [-0.39, 0.29) is 10.8 Å². The van der Waals surface area contributed by atoms with E-state index in [9.17, 15) is 0 Å². The van der Waals surface area contributed by atoms with Crippen molar-refractivity contribution in [1.29, 1.82) is 0 Å². The minimum absolute atomic E-state index is 0.0414. The lowest BCUT2D eigenvalue weighted by Gasteiger charge is -2.25. The molecular formula is C49H68N2Si. The molecule has 1 heterocycles. The molecule has 278 valence electrons. The Kier molecular flexibility index (Phi) is 17.0. The maximum atomic E-state index is 4.60. The Hall–Kier alpha value is -3.58. The van der Waals surface area contributed by atoms with Crippen LogP contribution in [0.25, 0.3) is 0 Å². The van der Waals surface area contributed by atoms with Gasteiger partial charge in [0.05, 0.1) is 5.56 Å². The zero-order valence-electron chi connectivity index (χ0n) is 34.8. The molecular weight excluding hydrogens is 645 g/mol. The lowest BCUT2D eigenvalue weighted by molar-refractivity contribution is 0.568. The van der Waals surface area contributed by atoms with Gasteiger partial charge in [-0.05, 0) is 89.0 Å². The van der Waals surface area contributed by atoms with Gasteiger partial charge >= 0.3 is 0 Å². The summed E-state index contributed by atoms with van der Waals surface area (Å²) in [6, 6.07) is 11.5. The summed E-state index contributed by atoms with van der Waals surface area (Å²) in [6.45, 7) is 25.1. The number of aromatic nitrogens is 2. The highest BCUT2D eigenvalue weighted by Gasteiger charge is 2.20. The third kappa shape index (κ3) is 15.6. The van der Waals surface area contributed by atoms with Crippen LogP contribution in [0.1, 0.15) is 183 Å². The van der Waals surface area contributed by atoms with Crippen molar-refractivity contribution in [3.63, 3.8) is 0 Å². The summed E-state index contributed by atoms with van der Waals surface area (Å²) in [5, 5.41) is 0. The van der Waals surface area contributed by atoms with Crippen LogP contribution >= 0.6 is 0 Å². The monoisotopic (exact) mass is 713 g/mol. The Bertz CT molecular complexity index is 1730. The van der Waals surface area contributed by atoms with E-state index in [1.54, 1.807) is 0 Å². The van der Waals surface area contributed by atoms with Gasteiger partial charge in [0.25, 0.3) is 0 Å². The first-order valence-electron chi connectivity index (χ1n) is 20.3. The van der Waals surface area contributed by atoms with Gasteiger partial charge in [-0.1, -0.05) is 169 Å². The summed E-state index contributed by atoms with van der Waals surface area (Å²) in [5.41, 5.74) is 13.2. The van der Waals surface area contributed by atoms with E-state index < -0.39 is 8.07 Å². The molecule has 1 aromatic heterocycles. The van der Waals surface area contributed by atoms with Crippen LogP contribution in [0.5, 0.6) is 0 Å². The molecule has 3 aromatic rings. The smallest absolute Gasteiger partial charge is 0.205 e. The number of aryl methyl sites for hydroxylation is 2. The summed E-state index contributed by atoms with van der Waals surface area (Å²) in [6.07, 6.45) is 21.1. The molecule has 2 nitrogen and oxygen atoms in total. The summed E-state index contributed by atoms with van der Waals surface area (Å²) >= 11 is 0. The molecule has 0 unspecified atom stereocenters. The highest BCUT2D eigenvalue weighted by Crippen LogP contribution is 2.30. The second-order valence-corrected chi connectivity index (χ2v) is 22.5. The molecule has 52 heavy (non-hydrogen) atoms. The predicted molar refractivity (Wildman–Crippen MR) is 229 cm³/mol. The van der Waals surface area contributed by atoms with E-state index in [0.717, 1.165) is 29.5 Å². The van der Waals surface area contributed by atoms with E-state index in [2.05, 4.69) is 150 Å². The molecule has 0 atom stereocenters. The number of benzene rings is 2. The maximum Gasteiger partial charge on any atom is 0.205 e. The average molecular weight is 713 g/mol. The van der Waals surface area contributed by atoms with E-state index in [1.807, 2.05) is 12.4 Å².